The summed E-state index contributed by atoms with van der Waals surface area (Å²) in [6, 6.07) is 0.446. The van der Waals surface area contributed by atoms with E-state index in [-0.39, 0.29) is 5.92 Å². The number of Topliss-reactive ketones (excluding diaryl/α,β-unsaturated/α-hetero) is 1. The van der Waals surface area contributed by atoms with Gasteiger partial charge < -0.3 is 4.48 Å². The Hall–Kier alpha value is -0.630. The van der Waals surface area contributed by atoms with Crippen molar-refractivity contribution in [2.75, 3.05) is 20.1 Å². The van der Waals surface area contributed by atoms with Gasteiger partial charge in [-0.05, 0) is 13.0 Å². The maximum absolute atomic E-state index is 11.5. The van der Waals surface area contributed by atoms with Crippen LogP contribution in [0.3, 0.4) is 0 Å². The van der Waals surface area contributed by atoms with Crippen molar-refractivity contribution in [3.63, 3.8) is 0 Å². The molecule has 0 spiro atoms. The van der Waals surface area contributed by atoms with E-state index in [1.54, 1.807) is 0 Å². The molecule has 13 heavy (non-hydrogen) atoms. The first-order chi connectivity index (χ1) is 5.99. The van der Waals surface area contributed by atoms with E-state index in [4.69, 9.17) is 0 Å². The summed E-state index contributed by atoms with van der Waals surface area (Å²) in [7, 11) is 2.22. The van der Waals surface area contributed by atoms with Gasteiger partial charge in [0.25, 0.3) is 0 Å². The van der Waals surface area contributed by atoms with Gasteiger partial charge in [-0.2, -0.15) is 0 Å². The van der Waals surface area contributed by atoms with E-state index in [0.29, 0.717) is 11.8 Å². The van der Waals surface area contributed by atoms with Crippen LogP contribution in [0.4, 0.5) is 0 Å². The standard InChI is InChI=1S/C11H20NO/c1-5-6-12(4)8-9(2)11(13)7-10(12)3/h5,9-10H,1,6-8H2,2-4H3/q+1/t9-,10+,12-/m1/s1. The zero-order valence-electron chi connectivity index (χ0n) is 8.92. The summed E-state index contributed by atoms with van der Waals surface area (Å²) < 4.78 is 0.969. The summed E-state index contributed by atoms with van der Waals surface area (Å²) in [6.45, 7) is 9.91. The third-order valence-corrected chi connectivity index (χ3v) is 3.35. The molecule has 0 amide bonds. The predicted molar refractivity (Wildman–Crippen MR) is 54.4 cm³/mol. The van der Waals surface area contributed by atoms with Crippen LogP contribution in [0.25, 0.3) is 0 Å². The molecule has 1 saturated heterocycles. The van der Waals surface area contributed by atoms with Crippen LogP contribution in [0.1, 0.15) is 20.3 Å². The number of quaternary nitrogens is 1. The highest BCUT2D eigenvalue weighted by atomic mass is 16.1. The molecule has 1 rings (SSSR count). The number of rotatable bonds is 2. The van der Waals surface area contributed by atoms with Crippen molar-refractivity contribution in [2.45, 2.75) is 26.3 Å². The highest BCUT2D eigenvalue weighted by Gasteiger charge is 2.38. The predicted octanol–water partition coefficient (Wildman–Crippen LogP) is 1.62. The van der Waals surface area contributed by atoms with E-state index in [0.717, 1.165) is 24.0 Å². The van der Waals surface area contributed by atoms with Crippen LogP contribution in [-0.2, 0) is 4.79 Å². The van der Waals surface area contributed by atoms with Crippen LogP contribution < -0.4 is 0 Å². The largest absolute Gasteiger partial charge is 0.320 e. The zero-order valence-corrected chi connectivity index (χ0v) is 8.92. The van der Waals surface area contributed by atoms with Crippen molar-refractivity contribution < 1.29 is 9.28 Å². The molecule has 74 valence electrons. The number of likely N-dealkylation sites (N-methyl/N-ethyl adjacent to an activating group) is 1. The average molecular weight is 182 g/mol. The Kier molecular flexibility index (Phi) is 2.91. The Bertz CT molecular complexity index is 224. The normalized spacial score (nSPS) is 40.4. The Morgan fingerprint density at radius 2 is 2.23 bits per heavy atom. The Morgan fingerprint density at radius 1 is 1.62 bits per heavy atom. The molecule has 0 bridgehead atoms. The molecule has 0 aromatic heterocycles. The van der Waals surface area contributed by atoms with E-state index < -0.39 is 0 Å². The third kappa shape index (κ3) is 1.99. The number of hydrogen-bond acceptors (Lipinski definition) is 1. The van der Waals surface area contributed by atoms with Crippen LogP contribution in [0.5, 0.6) is 0 Å². The quantitative estimate of drug-likeness (QED) is 0.468. The van der Waals surface area contributed by atoms with Crippen molar-refractivity contribution in [2.24, 2.45) is 5.92 Å². The Labute approximate surface area is 80.8 Å². The summed E-state index contributed by atoms with van der Waals surface area (Å²) >= 11 is 0. The summed E-state index contributed by atoms with van der Waals surface area (Å²) in [5.41, 5.74) is 0. The van der Waals surface area contributed by atoms with Crippen LogP contribution in [0.2, 0.25) is 0 Å². The van der Waals surface area contributed by atoms with Gasteiger partial charge in [0.2, 0.25) is 0 Å². The van der Waals surface area contributed by atoms with E-state index in [1.807, 2.05) is 13.0 Å². The molecule has 1 fully saturated rings. The monoisotopic (exact) mass is 182 g/mol. The van der Waals surface area contributed by atoms with E-state index in [1.165, 1.54) is 0 Å². The van der Waals surface area contributed by atoms with Crippen LogP contribution >= 0.6 is 0 Å². The second-order valence-corrected chi connectivity index (χ2v) is 4.55. The van der Waals surface area contributed by atoms with Gasteiger partial charge >= 0.3 is 0 Å². The van der Waals surface area contributed by atoms with Crippen molar-refractivity contribution in [3.05, 3.63) is 12.7 Å². The van der Waals surface area contributed by atoms with Gasteiger partial charge in [0, 0.05) is 0 Å². The number of piperidine rings is 1. The van der Waals surface area contributed by atoms with Gasteiger partial charge in [0.15, 0.2) is 0 Å². The lowest BCUT2D eigenvalue weighted by Gasteiger charge is -2.44. The molecule has 3 atom stereocenters. The lowest BCUT2D eigenvalue weighted by molar-refractivity contribution is -0.930. The zero-order chi connectivity index (χ0) is 10.1. The minimum absolute atomic E-state index is 0.223. The second-order valence-electron chi connectivity index (χ2n) is 4.55. The SMILES string of the molecule is C=CC[N@+]1(C)C[C@@H](C)C(=O)C[C@@H]1C. The maximum atomic E-state index is 11.5. The fraction of sp³-hybridized carbons (Fsp3) is 0.727. The number of ketones is 1. The molecule has 0 saturated carbocycles. The third-order valence-electron chi connectivity index (χ3n) is 3.35. The van der Waals surface area contributed by atoms with Crippen LogP contribution in [0.15, 0.2) is 12.7 Å². The first kappa shape index (κ1) is 10.5. The number of nitrogens with zero attached hydrogens (tertiary/aromatic N) is 1. The van der Waals surface area contributed by atoms with Crippen molar-refractivity contribution in [1.29, 1.82) is 0 Å². The van der Waals surface area contributed by atoms with E-state index in [9.17, 15) is 4.79 Å². The lowest BCUT2D eigenvalue weighted by Crippen LogP contribution is -2.58. The molecule has 2 heteroatoms. The van der Waals surface area contributed by atoms with E-state index >= 15 is 0 Å². The van der Waals surface area contributed by atoms with E-state index in [2.05, 4.69) is 20.6 Å². The van der Waals surface area contributed by atoms with Crippen molar-refractivity contribution in [3.8, 4) is 0 Å². The average Bonchev–Trinajstić information content (AvgIpc) is 2.02. The molecular formula is C11H20NO+. The lowest BCUT2D eigenvalue weighted by atomic mass is 9.91. The molecule has 0 radical (unpaired) electrons. The van der Waals surface area contributed by atoms with Crippen LogP contribution in [0, 0.1) is 5.92 Å². The van der Waals surface area contributed by atoms with Gasteiger partial charge in [0.05, 0.1) is 38.5 Å². The van der Waals surface area contributed by atoms with Gasteiger partial charge in [-0.15, -0.1) is 0 Å². The highest BCUT2D eigenvalue weighted by Crippen LogP contribution is 2.24. The first-order valence-electron chi connectivity index (χ1n) is 4.97. The molecule has 1 heterocycles. The molecule has 0 aromatic rings. The first-order valence-corrected chi connectivity index (χ1v) is 4.97. The summed E-state index contributed by atoms with van der Waals surface area (Å²) in [4.78, 5) is 11.5. The van der Waals surface area contributed by atoms with Gasteiger partial charge in [0.1, 0.15) is 5.78 Å². The smallest absolute Gasteiger partial charge is 0.147 e. The van der Waals surface area contributed by atoms with Gasteiger partial charge in [-0.25, -0.2) is 0 Å². The Morgan fingerprint density at radius 3 is 2.77 bits per heavy atom. The number of likely N-dealkylation sites (tertiary alicyclic amines) is 1. The summed E-state index contributed by atoms with van der Waals surface area (Å²) in [5, 5.41) is 0. The minimum Gasteiger partial charge on any atom is -0.320 e. The summed E-state index contributed by atoms with van der Waals surface area (Å²) in [5.74, 6) is 0.647. The topological polar surface area (TPSA) is 17.1 Å². The fourth-order valence-corrected chi connectivity index (χ4v) is 2.17. The highest BCUT2D eigenvalue weighted by molar-refractivity contribution is 5.81. The minimum atomic E-state index is 0.223. The Balaban J connectivity index is 2.75. The molecule has 2 nitrogen and oxygen atoms in total. The molecule has 0 aliphatic carbocycles. The van der Waals surface area contributed by atoms with Crippen LogP contribution in [-0.4, -0.2) is 36.4 Å². The van der Waals surface area contributed by atoms with Crippen molar-refractivity contribution in [1.82, 2.24) is 0 Å². The molecular weight excluding hydrogens is 162 g/mol. The number of carbonyl (C=O) groups is 1. The molecule has 0 N–H and O–H groups in total. The molecule has 0 aromatic carbocycles. The second kappa shape index (κ2) is 3.62. The summed E-state index contributed by atoms with van der Waals surface area (Å²) in [6.07, 6.45) is 2.69. The maximum Gasteiger partial charge on any atom is 0.147 e. The number of carbonyl (C=O) groups excluding carboxylic acids is 1. The molecule has 1 aliphatic heterocycles. The number of hydrogen-bond donors (Lipinski definition) is 0. The fourth-order valence-electron chi connectivity index (χ4n) is 2.17. The molecule has 0 unspecified atom stereocenters. The van der Waals surface area contributed by atoms with Gasteiger partial charge in [-0.1, -0.05) is 13.5 Å². The van der Waals surface area contributed by atoms with Gasteiger partial charge in [-0.3, -0.25) is 4.79 Å². The molecule has 1 aliphatic rings. The van der Waals surface area contributed by atoms with Crippen molar-refractivity contribution >= 4 is 5.78 Å².